The van der Waals surface area contributed by atoms with Crippen LogP contribution in [0.3, 0.4) is 0 Å². The Bertz CT molecular complexity index is 445. The van der Waals surface area contributed by atoms with Gasteiger partial charge < -0.3 is 20.1 Å². The molecule has 3 rings (SSSR count). The fraction of sp³-hybridized carbons (Fsp3) is 0.733. The molecule has 2 aliphatic heterocycles. The van der Waals surface area contributed by atoms with E-state index in [1.54, 1.807) is 12.4 Å². The molecule has 0 unspecified atom stereocenters. The second-order valence-corrected chi connectivity index (χ2v) is 6.26. The minimum Gasteiger partial charge on any atom is -0.347 e. The molecule has 1 amide bonds. The highest BCUT2D eigenvalue weighted by molar-refractivity contribution is 5.90. The number of imidazole rings is 1. The molecule has 0 saturated carbocycles. The lowest BCUT2D eigenvalue weighted by Crippen LogP contribution is -2.50. The molecule has 3 heterocycles. The van der Waals surface area contributed by atoms with Crippen LogP contribution in [-0.4, -0.2) is 71.0 Å². The van der Waals surface area contributed by atoms with Gasteiger partial charge in [0, 0.05) is 37.6 Å². The van der Waals surface area contributed by atoms with E-state index in [9.17, 15) is 4.79 Å². The number of hydrogen-bond acceptors (Lipinski definition) is 4. The molecule has 0 radical (unpaired) electrons. The van der Waals surface area contributed by atoms with Gasteiger partial charge in [-0.05, 0) is 45.8 Å². The molecule has 1 aromatic rings. The number of carbonyl (C=O) groups is 1. The van der Waals surface area contributed by atoms with Crippen LogP contribution >= 0.6 is 0 Å². The van der Waals surface area contributed by atoms with Crippen molar-refractivity contribution in [3.05, 3.63) is 18.2 Å². The van der Waals surface area contributed by atoms with Crippen molar-refractivity contribution >= 4 is 5.91 Å². The monoisotopic (exact) mass is 291 g/mol. The van der Waals surface area contributed by atoms with Gasteiger partial charge in [-0.2, -0.15) is 0 Å². The minimum absolute atomic E-state index is 0.0854. The maximum atomic E-state index is 12.0. The molecule has 0 spiro atoms. The molecule has 0 aromatic carbocycles. The van der Waals surface area contributed by atoms with Gasteiger partial charge in [0.25, 0.3) is 5.91 Å². The van der Waals surface area contributed by atoms with Gasteiger partial charge in [-0.3, -0.25) is 4.79 Å². The van der Waals surface area contributed by atoms with E-state index in [1.807, 2.05) is 0 Å². The summed E-state index contributed by atoms with van der Waals surface area (Å²) in [7, 11) is 2.20. The molecule has 2 aliphatic rings. The van der Waals surface area contributed by atoms with Gasteiger partial charge in [-0.15, -0.1) is 0 Å². The molecule has 0 aliphatic carbocycles. The van der Waals surface area contributed by atoms with Crippen molar-refractivity contribution in [2.45, 2.75) is 37.8 Å². The van der Waals surface area contributed by atoms with Gasteiger partial charge in [0.15, 0.2) is 5.82 Å². The van der Waals surface area contributed by atoms with E-state index in [2.05, 4.69) is 32.1 Å². The minimum atomic E-state index is -0.0854. The van der Waals surface area contributed by atoms with Crippen LogP contribution in [0.5, 0.6) is 0 Å². The fourth-order valence-corrected chi connectivity index (χ4v) is 3.41. The third kappa shape index (κ3) is 3.63. The van der Waals surface area contributed by atoms with Crippen LogP contribution < -0.4 is 5.32 Å². The first-order chi connectivity index (χ1) is 10.2. The maximum Gasteiger partial charge on any atom is 0.287 e. The molecule has 2 fully saturated rings. The summed E-state index contributed by atoms with van der Waals surface area (Å²) in [6.07, 6.45) is 7.92. The predicted molar refractivity (Wildman–Crippen MR) is 81.2 cm³/mol. The summed E-state index contributed by atoms with van der Waals surface area (Å²) >= 11 is 0. The molecule has 1 aromatic heterocycles. The molecule has 0 bridgehead atoms. The molecule has 2 N–H and O–H groups in total. The molecular formula is C15H25N5O. The molecule has 6 heteroatoms. The standard InChI is InChI=1S/C15H25N5O/c1-19-8-4-13(5-9-19)20-10-2-12(3-11-20)18-15(21)14-16-6-7-17-14/h6-7,12-13H,2-5,8-11H2,1H3,(H,16,17)(H,18,21). The van der Waals surface area contributed by atoms with Crippen molar-refractivity contribution in [1.29, 1.82) is 0 Å². The number of amides is 1. The molecule has 0 atom stereocenters. The van der Waals surface area contributed by atoms with Crippen LogP contribution in [0, 0.1) is 0 Å². The highest BCUT2D eigenvalue weighted by Crippen LogP contribution is 2.20. The van der Waals surface area contributed by atoms with Crippen LogP contribution in [-0.2, 0) is 0 Å². The summed E-state index contributed by atoms with van der Waals surface area (Å²) in [5.41, 5.74) is 0. The summed E-state index contributed by atoms with van der Waals surface area (Å²) in [5.74, 6) is 0.325. The van der Waals surface area contributed by atoms with E-state index in [4.69, 9.17) is 0 Å². The molecule has 6 nitrogen and oxygen atoms in total. The largest absolute Gasteiger partial charge is 0.347 e. The van der Waals surface area contributed by atoms with Crippen LogP contribution in [0.4, 0.5) is 0 Å². The van der Waals surface area contributed by atoms with Crippen molar-refractivity contribution < 1.29 is 4.79 Å². The Morgan fingerprint density at radius 2 is 1.95 bits per heavy atom. The average molecular weight is 291 g/mol. The number of nitrogens with zero attached hydrogens (tertiary/aromatic N) is 3. The van der Waals surface area contributed by atoms with Crippen molar-refractivity contribution in [3.63, 3.8) is 0 Å². The topological polar surface area (TPSA) is 64.3 Å². The number of H-pyrrole nitrogens is 1. The van der Waals surface area contributed by atoms with E-state index in [0.29, 0.717) is 5.82 Å². The van der Waals surface area contributed by atoms with Crippen molar-refractivity contribution in [3.8, 4) is 0 Å². The highest BCUT2D eigenvalue weighted by atomic mass is 16.2. The molecule has 21 heavy (non-hydrogen) atoms. The second-order valence-electron chi connectivity index (χ2n) is 6.26. The summed E-state index contributed by atoms with van der Waals surface area (Å²) in [5, 5.41) is 3.08. The molecule has 2 saturated heterocycles. The average Bonchev–Trinajstić information content (AvgIpc) is 3.03. The number of carbonyl (C=O) groups excluding carboxylic acids is 1. The number of hydrogen-bond donors (Lipinski definition) is 2. The fourth-order valence-electron chi connectivity index (χ4n) is 3.41. The molecule has 116 valence electrons. The number of piperidine rings is 2. The number of rotatable bonds is 3. The SMILES string of the molecule is CN1CCC(N2CCC(NC(=O)c3ncc[nH]3)CC2)CC1. The Balaban J connectivity index is 1.44. The lowest BCUT2D eigenvalue weighted by molar-refractivity contribution is 0.0801. The third-order valence-electron chi connectivity index (χ3n) is 4.78. The zero-order chi connectivity index (χ0) is 14.7. The van der Waals surface area contributed by atoms with E-state index in [-0.39, 0.29) is 11.9 Å². The zero-order valence-corrected chi connectivity index (χ0v) is 12.7. The number of aromatic nitrogens is 2. The normalized spacial score (nSPS) is 23.3. The zero-order valence-electron chi connectivity index (χ0n) is 12.7. The van der Waals surface area contributed by atoms with E-state index in [1.165, 1.54) is 25.9 Å². The van der Waals surface area contributed by atoms with Crippen LogP contribution in [0.2, 0.25) is 0 Å². The highest BCUT2D eigenvalue weighted by Gasteiger charge is 2.28. The first-order valence-corrected chi connectivity index (χ1v) is 7.95. The Labute approximate surface area is 125 Å². The van der Waals surface area contributed by atoms with Gasteiger partial charge in [-0.25, -0.2) is 4.98 Å². The first kappa shape index (κ1) is 14.5. The number of aromatic amines is 1. The molecular weight excluding hydrogens is 266 g/mol. The Morgan fingerprint density at radius 3 is 2.57 bits per heavy atom. The van der Waals surface area contributed by atoms with Crippen LogP contribution in [0.25, 0.3) is 0 Å². The van der Waals surface area contributed by atoms with Crippen molar-refractivity contribution in [1.82, 2.24) is 25.1 Å². The first-order valence-electron chi connectivity index (χ1n) is 7.95. The lowest BCUT2D eigenvalue weighted by Gasteiger charge is -2.41. The van der Waals surface area contributed by atoms with Gasteiger partial charge in [0.1, 0.15) is 0 Å². The number of nitrogens with one attached hydrogen (secondary N) is 2. The number of likely N-dealkylation sites (tertiary alicyclic amines) is 2. The smallest absolute Gasteiger partial charge is 0.287 e. The van der Waals surface area contributed by atoms with E-state index >= 15 is 0 Å². The van der Waals surface area contributed by atoms with Crippen LogP contribution in [0.15, 0.2) is 12.4 Å². The predicted octanol–water partition coefficient (Wildman–Crippen LogP) is 0.698. The summed E-state index contributed by atoms with van der Waals surface area (Å²) < 4.78 is 0. The Kier molecular flexibility index (Phi) is 4.55. The lowest BCUT2D eigenvalue weighted by atomic mass is 9.98. The maximum absolute atomic E-state index is 12.0. The van der Waals surface area contributed by atoms with Gasteiger partial charge in [0.05, 0.1) is 0 Å². The second kappa shape index (κ2) is 6.58. The van der Waals surface area contributed by atoms with Gasteiger partial charge in [-0.1, -0.05) is 0 Å². The van der Waals surface area contributed by atoms with Crippen LogP contribution in [0.1, 0.15) is 36.3 Å². The Morgan fingerprint density at radius 1 is 1.24 bits per heavy atom. The summed E-state index contributed by atoms with van der Waals surface area (Å²) in [6, 6.07) is 1.02. The Hall–Kier alpha value is -1.40. The summed E-state index contributed by atoms with van der Waals surface area (Å²) in [4.78, 5) is 23.8. The van der Waals surface area contributed by atoms with E-state index in [0.717, 1.165) is 32.0 Å². The van der Waals surface area contributed by atoms with Gasteiger partial charge in [0.2, 0.25) is 0 Å². The third-order valence-corrected chi connectivity index (χ3v) is 4.78. The van der Waals surface area contributed by atoms with Crippen molar-refractivity contribution in [2.75, 3.05) is 33.2 Å². The van der Waals surface area contributed by atoms with Gasteiger partial charge >= 0.3 is 0 Å². The van der Waals surface area contributed by atoms with E-state index < -0.39 is 0 Å². The van der Waals surface area contributed by atoms with Crippen molar-refractivity contribution in [2.24, 2.45) is 0 Å². The quantitative estimate of drug-likeness (QED) is 0.860. The summed E-state index contributed by atoms with van der Waals surface area (Å²) in [6.45, 7) is 4.61.